The van der Waals surface area contributed by atoms with Crippen LogP contribution in [0.2, 0.25) is 0 Å². The van der Waals surface area contributed by atoms with Gasteiger partial charge in [-0.2, -0.15) is 5.10 Å². The average Bonchev–Trinajstić information content (AvgIpc) is 2.32. The van der Waals surface area contributed by atoms with Crippen molar-refractivity contribution in [1.29, 1.82) is 0 Å². The summed E-state index contributed by atoms with van der Waals surface area (Å²) in [6, 6.07) is 2.07. The van der Waals surface area contributed by atoms with Gasteiger partial charge < -0.3 is 0 Å². The van der Waals surface area contributed by atoms with Crippen LogP contribution in [0.5, 0.6) is 0 Å². The lowest BCUT2D eigenvalue weighted by molar-refractivity contribution is 0.278. The molecule has 0 spiro atoms. The SMILES string of the molecule is Cc1ccn(CCC2CCC2)n1. The Hall–Kier alpha value is -0.790. The molecule has 0 bridgehead atoms. The molecule has 1 heterocycles. The van der Waals surface area contributed by atoms with E-state index in [9.17, 15) is 0 Å². The Morgan fingerprint density at radius 1 is 1.58 bits per heavy atom. The predicted octanol–water partition coefficient (Wildman–Crippen LogP) is 2.38. The standard InChI is InChI=1S/C10H16N2/c1-9-5-7-12(11-9)8-6-10-3-2-4-10/h5,7,10H,2-4,6,8H2,1H3. The minimum atomic E-state index is 0.995. The van der Waals surface area contributed by atoms with Gasteiger partial charge in [-0.25, -0.2) is 0 Å². The molecule has 0 atom stereocenters. The molecule has 12 heavy (non-hydrogen) atoms. The highest BCUT2D eigenvalue weighted by Gasteiger charge is 2.16. The molecule has 0 unspecified atom stereocenters. The highest BCUT2D eigenvalue weighted by Crippen LogP contribution is 2.29. The van der Waals surface area contributed by atoms with Gasteiger partial charge in [-0.3, -0.25) is 4.68 Å². The Morgan fingerprint density at radius 3 is 2.92 bits per heavy atom. The minimum Gasteiger partial charge on any atom is -0.272 e. The van der Waals surface area contributed by atoms with E-state index >= 15 is 0 Å². The van der Waals surface area contributed by atoms with Crippen LogP contribution >= 0.6 is 0 Å². The number of aryl methyl sites for hydroxylation is 2. The molecule has 0 saturated heterocycles. The molecule has 1 aromatic rings. The third-order valence-electron chi connectivity index (χ3n) is 2.77. The first-order valence-corrected chi connectivity index (χ1v) is 4.84. The molecule has 0 radical (unpaired) electrons. The van der Waals surface area contributed by atoms with Gasteiger partial charge in [0.15, 0.2) is 0 Å². The van der Waals surface area contributed by atoms with Crippen molar-refractivity contribution in [3.63, 3.8) is 0 Å². The highest BCUT2D eigenvalue weighted by atomic mass is 15.3. The fraction of sp³-hybridized carbons (Fsp3) is 0.700. The zero-order valence-corrected chi connectivity index (χ0v) is 7.66. The van der Waals surface area contributed by atoms with Crippen molar-refractivity contribution < 1.29 is 0 Å². The van der Waals surface area contributed by atoms with E-state index in [1.54, 1.807) is 0 Å². The summed E-state index contributed by atoms with van der Waals surface area (Å²) in [7, 11) is 0. The molecule has 2 heteroatoms. The quantitative estimate of drug-likeness (QED) is 0.670. The third-order valence-corrected chi connectivity index (χ3v) is 2.77. The summed E-state index contributed by atoms with van der Waals surface area (Å²) in [5.41, 5.74) is 1.13. The first kappa shape index (κ1) is 7.84. The normalized spacial score (nSPS) is 17.8. The third kappa shape index (κ3) is 1.68. The molecule has 1 aliphatic rings. The fourth-order valence-electron chi connectivity index (χ4n) is 1.68. The molecule has 2 nitrogen and oxygen atoms in total. The molecule has 0 aromatic carbocycles. The van der Waals surface area contributed by atoms with Gasteiger partial charge in [0.25, 0.3) is 0 Å². The van der Waals surface area contributed by atoms with E-state index in [-0.39, 0.29) is 0 Å². The summed E-state index contributed by atoms with van der Waals surface area (Å²) < 4.78 is 2.06. The van der Waals surface area contributed by atoms with Gasteiger partial charge in [0.05, 0.1) is 5.69 Å². The first-order valence-electron chi connectivity index (χ1n) is 4.84. The molecular formula is C10H16N2. The molecule has 2 rings (SSSR count). The van der Waals surface area contributed by atoms with Crippen molar-refractivity contribution in [2.75, 3.05) is 0 Å². The van der Waals surface area contributed by atoms with Crippen LogP contribution in [0.25, 0.3) is 0 Å². The molecule has 1 aliphatic carbocycles. The van der Waals surface area contributed by atoms with Crippen LogP contribution in [0.4, 0.5) is 0 Å². The van der Waals surface area contributed by atoms with E-state index in [1.807, 2.05) is 6.92 Å². The second-order valence-corrected chi connectivity index (χ2v) is 3.81. The Morgan fingerprint density at radius 2 is 2.42 bits per heavy atom. The smallest absolute Gasteiger partial charge is 0.0593 e. The molecule has 0 N–H and O–H groups in total. The van der Waals surface area contributed by atoms with E-state index < -0.39 is 0 Å². The monoisotopic (exact) mass is 164 g/mol. The molecule has 0 aliphatic heterocycles. The number of nitrogens with zero attached hydrogens (tertiary/aromatic N) is 2. The predicted molar refractivity (Wildman–Crippen MR) is 48.9 cm³/mol. The number of hydrogen-bond donors (Lipinski definition) is 0. The van der Waals surface area contributed by atoms with Crippen LogP contribution < -0.4 is 0 Å². The van der Waals surface area contributed by atoms with Crippen LogP contribution in [-0.2, 0) is 6.54 Å². The van der Waals surface area contributed by atoms with Gasteiger partial charge in [0.2, 0.25) is 0 Å². The fourth-order valence-corrected chi connectivity index (χ4v) is 1.68. The lowest BCUT2D eigenvalue weighted by Crippen LogP contribution is -2.14. The molecule has 1 saturated carbocycles. The average molecular weight is 164 g/mol. The molecule has 1 fully saturated rings. The van der Waals surface area contributed by atoms with Crippen molar-refractivity contribution in [1.82, 2.24) is 9.78 Å². The lowest BCUT2D eigenvalue weighted by Gasteiger charge is -2.24. The van der Waals surface area contributed by atoms with E-state index in [0.29, 0.717) is 0 Å². The molecular weight excluding hydrogens is 148 g/mol. The Balaban J connectivity index is 1.79. The minimum absolute atomic E-state index is 0.995. The van der Waals surface area contributed by atoms with Crippen LogP contribution in [0, 0.1) is 12.8 Å². The van der Waals surface area contributed by atoms with Crippen molar-refractivity contribution in [3.8, 4) is 0 Å². The zero-order valence-electron chi connectivity index (χ0n) is 7.66. The van der Waals surface area contributed by atoms with Gasteiger partial charge in [-0.1, -0.05) is 19.3 Å². The summed E-state index contributed by atoms with van der Waals surface area (Å²) in [5.74, 6) is 0.995. The first-order chi connectivity index (χ1) is 5.84. The van der Waals surface area contributed by atoms with Gasteiger partial charge >= 0.3 is 0 Å². The Labute approximate surface area is 73.6 Å². The molecule has 1 aromatic heterocycles. The van der Waals surface area contributed by atoms with Crippen molar-refractivity contribution >= 4 is 0 Å². The lowest BCUT2D eigenvalue weighted by atomic mass is 9.83. The number of hydrogen-bond acceptors (Lipinski definition) is 1. The second kappa shape index (κ2) is 3.30. The summed E-state index contributed by atoms with van der Waals surface area (Å²) in [4.78, 5) is 0. The Kier molecular flexibility index (Phi) is 2.15. The summed E-state index contributed by atoms with van der Waals surface area (Å²) >= 11 is 0. The van der Waals surface area contributed by atoms with Crippen LogP contribution in [0.3, 0.4) is 0 Å². The largest absolute Gasteiger partial charge is 0.272 e. The second-order valence-electron chi connectivity index (χ2n) is 3.81. The Bertz CT molecular complexity index is 248. The summed E-state index contributed by atoms with van der Waals surface area (Å²) in [6.07, 6.45) is 7.73. The van der Waals surface area contributed by atoms with Gasteiger partial charge in [0.1, 0.15) is 0 Å². The van der Waals surface area contributed by atoms with Gasteiger partial charge in [-0.05, 0) is 25.3 Å². The van der Waals surface area contributed by atoms with E-state index in [1.165, 1.54) is 25.7 Å². The summed E-state index contributed by atoms with van der Waals surface area (Å²) in [6.45, 7) is 3.15. The van der Waals surface area contributed by atoms with Gasteiger partial charge in [-0.15, -0.1) is 0 Å². The maximum Gasteiger partial charge on any atom is 0.0593 e. The topological polar surface area (TPSA) is 17.8 Å². The van der Waals surface area contributed by atoms with Crippen LogP contribution in [0.1, 0.15) is 31.4 Å². The highest BCUT2D eigenvalue weighted by molar-refractivity contribution is 4.94. The van der Waals surface area contributed by atoms with Crippen molar-refractivity contribution in [3.05, 3.63) is 18.0 Å². The molecule has 0 amide bonds. The van der Waals surface area contributed by atoms with E-state index in [4.69, 9.17) is 0 Å². The van der Waals surface area contributed by atoms with Crippen LogP contribution in [-0.4, -0.2) is 9.78 Å². The molecule has 66 valence electrons. The van der Waals surface area contributed by atoms with Gasteiger partial charge in [0, 0.05) is 12.7 Å². The number of aromatic nitrogens is 2. The zero-order chi connectivity index (χ0) is 8.39. The van der Waals surface area contributed by atoms with Crippen molar-refractivity contribution in [2.45, 2.75) is 39.2 Å². The van der Waals surface area contributed by atoms with Crippen LogP contribution in [0.15, 0.2) is 12.3 Å². The maximum atomic E-state index is 4.36. The van der Waals surface area contributed by atoms with E-state index in [2.05, 4.69) is 22.0 Å². The summed E-state index contributed by atoms with van der Waals surface area (Å²) in [5, 5.41) is 4.36. The number of rotatable bonds is 3. The van der Waals surface area contributed by atoms with Crippen molar-refractivity contribution in [2.24, 2.45) is 5.92 Å². The maximum absolute atomic E-state index is 4.36. The van der Waals surface area contributed by atoms with E-state index in [0.717, 1.165) is 18.2 Å².